The average molecular weight is 567 g/mol. The number of hydrogen-bond acceptors (Lipinski definition) is 6. The summed E-state index contributed by atoms with van der Waals surface area (Å²) in [4.78, 5) is 15.4. The fourth-order valence-corrected chi connectivity index (χ4v) is 10.2. The van der Waals surface area contributed by atoms with Gasteiger partial charge in [0.15, 0.2) is 0 Å². The maximum atomic E-state index is 12.8. The van der Waals surface area contributed by atoms with Gasteiger partial charge in [-0.15, -0.1) is 12.4 Å². The van der Waals surface area contributed by atoms with E-state index in [1.165, 1.54) is 17.5 Å². The number of rotatable bonds is 3. The summed E-state index contributed by atoms with van der Waals surface area (Å²) in [6.45, 7) is 16.8. The van der Waals surface area contributed by atoms with Gasteiger partial charge in [-0.25, -0.2) is 0 Å². The predicted octanol–water partition coefficient (Wildman–Crippen LogP) is 6.89. The Hall–Kier alpha value is -0.400. The predicted molar refractivity (Wildman–Crippen MR) is 161 cm³/mol. The first kappa shape index (κ1) is 29.6. The Kier molecular flexibility index (Phi) is 8.98. The summed E-state index contributed by atoms with van der Waals surface area (Å²) in [5.74, 6) is 3.43. The smallest absolute Gasteiger partial charge is 0.139 e. The molecule has 0 unspecified atom stereocenters. The van der Waals surface area contributed by atoms with Crippen molar-refractivity contribution < 1.29 is 9.53 Å². The second kappa shape index (κ2) is 11.2. The molecule has 0 aromatic heterocycles. The highest BCUT2D eigenvalue weighted by Crippen LogP contribution is 2.59. The van der Waals surface area contributed by atoms with Crippen LogP contribution < -0.4 is 10.1 Å². The van der Waals surface area contributed by atoms with E-state index in [1.807, 2.05) is 28.7 Å². The Morgan fingerprint density at radius 3 is 2.57 bits per heavy atom. The molecule has 3 fully saturated rings. The molecule has 4 atom stereocenters. The lowest BCUT2D eigenvalue weighted by atomic mass is 9.55. The van der Waals surface area contributed by atoms with E-state index in [9.17, 15) is 4.79 Å². The van der Waals surface area contributed by atoms with Gasteiger partial charge in [0.2, 0.25) is 0 Å². The standard InChI is InChI=1S/C30H46N2O2S2.ClH/c1-28(2)18-31-13-14-32(19-29(3,4)36-35-28)17-21-15-24-20(16-26(21)34-6)7-8-23-22(24)11-12-30(5)25(23)9-10-27(30)33;/h15-16,22-23,25,31H,7-14,17-19H2,1-6H3;1H/t22-,23+,25-,30-;/m0./s1. The Morgan fingerprint density at radius 2 is 1.81 bits per heavy atom. The average Bonchev–Trinajstić information content (AvgIpc) is 3.14. The number of ether oxygens (including phenoxy) is 1. The number of nitrogens with one attached hydrogen (secondary N) is 1. The molecule has 0 radical (unpaired) electrons. The molecule has 1 saturated heterocycles. The lowest BCUT2D eigenvalue weighted by molar-refractivity contribution is -0.129. The van der Waals surface area contributed by atoms with Crippen molar-refractivity contribution in [3.05, 3.63) is 28.8 Å². The Labute approximate surface area is 239 Å². The molecule has 0 amide bonds. The minimum absolute atomic E-state index is 0. The van der Waals surface area contributed by atoms with E-state index >= 15 is 0 Å². The van der Waals surface area contributed by atoms with Gasteiger partial charge in [-0.05, 0) is 94.7 Å². The number of fused-ring (bicyclic) bond motifs is 5. The molecule has 4 nitrogen and oxygen atoms in total. The second-order valence-electron chi connectivity index (χ2n) is 13.3. The first-order valence-corrected chi connectivity index (χ1v) is 16.2. The Morgan fingerprint density at radius 1 is 1.05 bits per heavy atom. The summed E-state index contributed by atoms with van der Waals surface area (Å²) < 4.78 is 6.39. The Balaban J connectivity index is 0.00000320. The van der Waals surface area contributed by atoms with Gasteiger partial charge in [0.1, 0.15) is 11.5 Å². The van der Waals surface area contributed by atoms with Crippen LogP contribution in [0.15, 0.2) is 12.1 Å². The molecule has 3 aliphatic carbocycles. The van der Waals surface area contributed by atoms with Crippen LogP contribution in [0.2, 0.25) is 0 Å². The highest BCUT2D eigenvalue weighted by atomic mass is 35.5. The van der Waals surface area contributed by atoms with E-state index in [4.69, 9.17) is 4.74 Å². The molecule has 7 heteroatoms. The zero-order valence-corrected chi connectivity index (χ0v) is 26.1. The van der Waals surface area contributed by atoms with Crippen molar-refractivity contribution in [2.45, 2.75) is 95.1 Å². The second-order valence-corrected chi connectivity index (χ2v) is 16.8. The minimum Gasteiger partial charge on any atom is -0.496 e. The first-order chi connectivity index (χ1) is 17.0. The monoisotopic (exact) mass is 566 g/mol. The first-order valence-electron chi connectivity index (χ1n) is 14.0. The number of benzene rings is 1. The van der Waals surface area contributed by atoms with Crippen molar-refractivity contribution in [3.8, 4) is 5.75 Å². The fourth-order valence-electron chi connectivity index (χ4n) is 7.63. The van der Waals surface area contributed by atoms with Gasteiger partial charge in [0.25, 0.3) is 0 Å². The maximum absolute atomic E-state index is 12.8. The molecule has 37 heavy (non-hydrogen) atoms. The van der Waals surface area contributed by atoms with Gasteiger partial charge in [-0.2, -0.15) is 0 Å². The number of nitrogens with zero attached hydrogens (tertiary/aromatic N) is 1. The molecular weight excluding hydrogens is 520 g/mol. The van der Waals surface area contributed by atoms with E-state index in [0.29, 0.717) is 23.5 Å². The third-order valence-corrected chi connectivity index (χ3v) is 13.7. The lowest BCUT2D eigenvalue weighted by Gasteiger charge is -2.48. The summed E-state index contributed by atoms with van der Waals surface area (Å²) in [5, 5.41) is 3.70. The molecule has 1 aromatic carbocycles. The van der Waals surface area contributed by atoms with Crippen molar-refractivity contribution in [1.29, 1.82) is 0 Å². The van der Waals surface area contributed by atoms with Crippen LogP contribution in [0.5, 0.6) is 5.75 Å². The van der Waals surface area contributed by atoms with Crippen molar-refractivity contribution in [2.24, 2.45) is 17.3 Å². The number of hydrogen-bond donors (Lipinski definition) is 1. The van der Waals surface area contributed by atoms with E-state index in [2.05, 4.69) is 57.0 Å². The molecule has 0 spiro atoms. The Bertz CT molecular complexity index is 1000. The molecule has 2 saturated carbocycles. The molecule has 4 aliphatic rings. The third kappa shape index (κ3) is 6.04. The van der Waals surface area contributed by atoms with Crippen molar-refractivity contribution in [3.63, 3.8) is 0 Å². The topological polar surface area (TPSA) is 41.6 Å². The highest BCUT2D eigenvalue weighted by molar-refractivity contribution is 8.77. The summed E-state index contributed by atoms with van der Waals surface area (Å²) >= 11 is 0. The van der Waals surface area contributed by atoms with Gasteiger partial charge in [-0.3, -0.25) is 9.69 Å². The van der Waals surface area contributed by atoms with Crippen molar-refractivity contribution in [1.82, 2.24) is 10.2 Å². The molecular formula is C30H47ClN2O2S2. The summed E-state index contributed by atoms with van der Waals surface area (Å²) in [6, 6.07) is 4.86. The molecule has 1 N–H and O–H groups in total. The summed E-state index contributed by atoms with van der Waals surface area (Å²) in [7, 11) is 5.88. The van der Waals surface area contributed by atoms with Crippen LogP contribution in [0, 0.1) is 17.3 Å². The number of methoxy groups -OCH3 is 1. The quantitative estimate of drug-likeness (QED) is 0.402. The number of Topliss-reactive ketones (excluding diaryl/α,β-unsaturated/α-hetero) is 1. The summed E-state index contributed by atoms with van der Waals surface area (Å²) in [6.07, 6.45) is 6.49. The normalized spacial score (nSPS) is 33.5. The van der Waals surface area contributed by atoms with Crippen LogP contribution in [0.4, 0.5) is 0 Å². The highest BCUT2D eigenvalue weighted by Gasteiger charge is 2.54. The van der Waals surface area contributed by atoms with Crippen LogP contribution in [0.3, 0.4) is 0 Å². The number of ketones is 1. The third-order valence-electron chi connectivity index (χ3n) is 9.48. The molecule has 1 heterocycles. The number of halogens is 1. The van der Waals surface area contributed by atoms with E-state index in [1.54, 1.807) is 5.56 Å². The van der Waals surface area contributed by atoms with Gasteiger partial charge in [-0.1, -0.05) is 34.6 Å². The maximum Gasteiger partial charge on any atom is 0.139 e. The summed E-state index contributed by atoms with van der Waals surface area (Å²) in [5.41, 5.74) is 4.33. The van der Waals surface area contributed by atoms with Gasteiger partial charge in [0, 0.05) is 59.6 Å². The van der Waals surface area contributed by atoms with Crippen LogP contribution in [-0.4, -0.2) is 53.5 Å². The van der Waals surface area contributed by atoms with Crippen LogP contribution in [-0.2, 0) is 17.8 Å². The van der Waals surface area contributed by atoms with Crippen LogP contribution in [0.1, 0.15) is 89.3 Å². The van der Waals surface area contributed by atoms with E-state index in [0.717, 1.165) is 70.6 Å². The van der Waals surface area contributed by atoms with Gasteiger partial charge < -0.3 is 10.1 Å². The number of carbonyl (C=O) groups excluding carboxylic acids is 1. The zero-order valence-electron chi connectivity index (χ0n) is 23.7. The SMILES string of the molecule is COc1cc2c(cc1CN1CCNCC(C)(C)SSC(C)(C)C1)[C@H]1CC[C@]3(C)C(=O)CC[C@H]3[C@@H]1CC2.Cl. The van der Waals surface area contributed by atoms with Crippen LogP contribution in [0.25, 0.3) is 0 Å². The van der Waals surface area contributed by atoms with E-state index < -0.39 is 0 Å². The molecule has 5 rings (SSSR count). The molecule has 0 bridgehead atoms. The molecule has 1 aromatic rings. The molecule has 208 valence electrons. The van der Waals surface area contributed by atoms with E-state index in [-0.39, 0.29) is 27.3 Å². The number of aryl methyl sites for hydroxylation is 1. The minimum atomic E-state index is -0.0570. The molecule has 1 aliphatic heterocycles. The largest absolute Gasteiger partial charge is 0.496 e. The zero-order chi connectivity index (χ0) is 25.7. The number of carbonyl (C=O) groups is 1. The van der Waals surface area contributed by atoms with Crippen molar-refractivity contribution in [2.75, 3.05) is 33.3 Å². The van der Waals surface area contributed by atoms with Crippen LogP contribution >= 0.6 is 34.0 Å². The lowest BCUT2D eigenvalue weighted by Crippen LogP contribution is -2.44. The van der Waals surface area contributed by atoms with Gasteiger partial charge in [0.05, 0.1) is 7.11 Å². The van der Waals surface area contributed by atoms with Crippen molar-refractivity contribution >= 4 is 39.8 Å². The van der Waals surface area contributed by atoms with Gasteiger partial charge >= 0.3 is 0 Å². The fraction of sp³-hybridized carbons (Fsp3) is 0.767.